The van der Waals surface area contributed by atoms with Crippen LogP contribution < -0.4 is 0 Å². The van der Waals surface area contributed by atoms with E-state index in [1.165, 1.54) is 0 Å². The number of rotatable bonds is 8. The van der Waals surface area contributed by atoms with E-state index < -0.39 is 0 Å². The van der Waals surface area contributed by atoms with Crippen LogP contribution >= 0.6 is 0 Å². The first kappa shape index (κ1) is 36.6. The van der Waals surface area contributed by atoms with E-state index in [2.05, 4.69) is 127 Å². The van der Waals surface area contributed by atoms with Crippen LogP contribution in [0.15, 0.2) is 218 Å². The summed E-state index contributed by atoms with van der Waals surface area (Å²) >= 11 is 0. The molecule has 3 aromatic heterocycles. The van der Waals surface area contributed by atoms with Crippen molar-refractivity contribution in [2.45, 2.75) is 0 Å². The fourth-order valence-electron chi connectivity index (χ4n) is 7.96. The van der Waals surface area contributed by atoms with Crippen LogP contribution in [0, 0.1) is 0 Å². The molecule has 11 rings (SSSR count). The van der Waals surface area contributed by atoms with Crippen LogP contribution in [0.25, 0.3) is 112 Å². The molecule has 290 valence electrons. The molecule has 0 aliphatic carbocycles. The minimum Gasteiger partial charge on any atom is -0.244 e. The maximum Gasteiger partial charge on any atom is 0.160 e. The molecular formula is C56H36N6. The lowest BCUT2D eigenvalue weighted by Gasteiger charge is -2.14. The lowest BCUT2D eigenvalue weighted by Crippen LogP contribution is -1.98. The quantitative estimate of drug-likeness (QED) is 0.152. The number of para-hydroxylation sites is 4. The standard InChI is InChI=1S/C56H36N6/c1-4-16-37(17-5-1)42-22-14-25-45(34-42)56-61-50(38-30-32-41(33-31-38)54-52(39-18-6-2-7-19-39)57-46-26-10-11-27-47(46)59-54)36-51(62-56)43-23-15-24-44(35-43)55-53(40-20-8-3-9-21-40)58-48-28-12-13-29-49(48)60-55/h1-36H. The van der Waals surface area contributed by atoms with Gasteiger partial charge in [-0.05, 0) is 53.6 Å². The predicted octanol–water partition coefficient (Wildman–Crippen LogP) is 13.7. The maximum atomic E-state index is 5.27. The Morgan fingerprint density at radius 3 is 1.05 bits per heavy atom. The van der Waals surface area contributed by atoms with Crippen molar-refractivity contribution >= 4 is 22.1 Å². The third kappa shape index (κ3) is 7.16. The molecule has 6 nitrogen and oxygen atoms in total. The number of aromatic nitrogens is 6. The highest BCUT2D eigenvalue weighted by atomic mass is 14.9. The molecule has 0 aliphatic rings. The summed E-state index contributed by atoms with van der Waals surface area (Å²) in [5, 5.41) is 0. The third-order valence-corrected chi connectivity index (χ3v) is 11.1. The summed E-state index contributed by atoms with van der Waals surface area (Å²) in [5.74, 6) is 0.631. The average molecular weight is 793 g/mol. The van der Waals surface area contributed by atoms with Gasteiger partial charge >= 0.3 is 0 Å². The van der Waals surface area contributed by atoms with Gasteiger partial charge in [0.25, 0.3) is 0 Å². The van der Waals surface area contributed by atoms with Crippen molar-refractivity contribution in [3.8, 4) is 90.1 Å². The minimum absolute atomic E-state index is 0.631. The molecule has 8 aromatic carbocycles. The predicted molar refractivity (Wildman–Crippen MR) is 252 cm³/mol. The molecule has 0 saturated carbocycles. The number of hydrogen-bond donors (Lipinski definition) is 0. The lowest BCUT2D eigenvalue weighted by molar-refractivity contribution is 1.18. The SMILES string of the molecule is c1ccc(-c2cccc(-c3nc(-c4ccc(-c5nc6ccccc6nc5-c5ccccc5)cc4)cc(-c4cccc(-c5nc6ccccc6nc5-c5ccccc5)c4)n3)c2)cc1. The van der Waals surface area contributed by atoms with Gasteiger partial charge in [0, 0.05) is 38.9 Å². The van der Waals surface area contributed by atoms with Gasteiger partial charge in [-0.2, -0.15) is 0 Å². The van der Waals surface area contributed by atoms with Crippen molar-refractivity contribution in [2.75, 3.05) is 0 Å². The van der Waals surface area contributed by atoms with Gasteiger partial charge in [0.15, 0.2) is 5.82 Å². The Hall–Kier alpha value is -8.48. The van der Waals surface area contributed by atoms with E-state index in [1.54, 1.807) is 0 Å². The van der Waals surface area contributed by atoms with Crippen molar-refractivity contribution < 1.29 is 0 Å². The topological polar surface area (TPSA) is 77.3 Å². The van der Waals surface area contributed by atoms with Crippen LogP contribution in [0.2, 0.25) is 0 Å². The van der Waals surface area contributed by atoms with Crippen LogP contribution in [0.4, 0.5) is 0 Å². The molecule has 3 heterocycles. The van der Waals surface area contributed by atoms with Gasteiger partial charge in [-0.1, -0.05) is 176 Å². The van der Waals surface area contributed by atoms with Crippen LogP contribution in [-0.4, -0.2) is 29.9 Å². The van der Waals surface area contributed by atoms with Crippen molar-refractivity contribution in [2.24, 2.45) is 0 Å². The first-order valence-corrected chi connectivity index (χ1v) is 20.6. The van der Waals surface area contributed by atoms with Gasteiger partial charge in [-0.25, -0.2) is 29.9 Å². The molecule has 0 N–H and O–H groups in total. The molecule has 0 atom stereocenters. The van der Waals surface area contributed by atoms with Gasteiger partial charge in [0.1, 0.15) is 0 Å². The molecular weight excluding hydrogens is 757 g/mol. The van der Waals surface area contributed by atoms with Crippen molar-refractivity contribution in [1.29, 1.82) is 0 Å². The Kier molecular flexibility index (Phi) is 9.41. The van der Waals surface area contributed by atoms with Gasteiger partial charge in [-0.3, -0.25) is 0 Å². The zero-order valence-corrected chi connectivity index (χ0v) is 33.5. The summed E-state index contributed by atoms with van der Waals surface area (Å²) in [6.45, 7) is 0. The molecule has 0 aliphatic heterocycles. The van der Waals surface area contributed by atoms with E-state index in [-0.39, 0.29) is 0 Å². The summed E-state index contributed by atoms with van der Waals surface area (Å²) in [5.41, 5.74) is 17.3. The highest BCUT2D eigenvalue weighted by Gasteiger charge is 2.18. The average Bonchev–Trinajstić information content (AvgIpc) is 3.36. The fourth-order valence-corrected chi connectivity index (χ4v) is 7.96. The van der Waals surface area contributed by atoms with E-state index in [0.29, 0.717) is 5.82 Å². The molecule has 0 fully saturated rings. The Morgan fingerprint density at radius 2 is 0.532 bits per heavy atom. The second kappa shape index (κ2) is 15.9. The molecule has 6 heteroatoms. The Labute approximate surface area is 359 Å². The second-order valence-corrected chi connectivity index (χ2v) is 15.1. The van der Waals surface area contributed by atoms with E-state index in [9.17, 15) is 0 Å². The largest absolute Gasteiger partial charge is 0.244 e. The van der Waals surface area contributed by atoms with E-state index in [4.69, 9.17) is 29.9 Å². The maximum absolute atomic E-state index is 5.27. The minimum atomic E-state index is 0.631. The third-order valence-electron chi connectivity index (χ3n) is 11.1. The molecule has 0 unspecified atom stereocenters. The number of benzene rings is 8. The molecule has 0 saturated heterocycles. The molecule has 0 bridgehead atoms. The summed E-state index contributed by atoms with van der Waals surface area (Å²) in [7, 11) is 0. The Bertz CT molecular complexity index is 3390. The lowest BCUT2D eigenvalue weighted by atomic mass is 9.99. The van der Waals surface area contributed by atoms with E-state index in [0.717, 1.165) is 106 Å². The smallest absolute Gasteiger partial charge is 0.160 e. The summed E-state index contributed by atoms with van der Waals surface area (Å²) in [4.78, 5) is 31.1. The van der Waals surface area contributed by atoms with Crippen molar-refractivity contribution in [3.63, 3.8) is 0 Å². The molecule has 11 aromatic rings. The second-order valence-electron chi connectivity index (χ2n) is 15.1. The molecule has 0 spiro atoms. The Balaban J connectivity index is 1.05. The van der Waals surface area contributed by atoms with E-state index in [1.807, 2.05) is 91.0 Å². The van der Waals surface area contributed by atoms with Crippen LogP contribution in [0.1, 0.15) is 0 Å². The van der Waals surface area contributed by atoms with Crippen molar-refractivity contribution in [3.05, 3.63) is 218 Å². The van der Waals surface area contributed by atoms with E-state index >= 15 is 0 Å². The monoisotopic (exact) mass is 792 g/mol. The van der Waals surface area contributed by atoms with Crippen LogP contribution in [-0.2, 0) is 0 Å². The molecule has 62 heavy (non-hydrogen) atoms. The highest BCUT2D eigenvalue weighted by molar-refractivity contribution is 5.89. The molecule has 0 amide bonds. The first-order chi connectivity index (χ1) is 30.7. The van der Waals surface area contributed by atoms with Gasteiger partial charge in [0.05, 0.1) is 56.2 Å². The van der Waals surface area contributed by atoms with Gasteiger partial charge < -0.3 is 0 Å². The van der Waals surface area contributed by atoms with Crippen LogP contribution in [0.5, 0.6) is 0 Å². The fraction of sp³-hybridized carbons (Fsp3) is 0. The molecule has 0 radical (unpaired) electrons. The van der Waals surface area contributed by atoms with Crippen LogP contribution in [0.3, 0.4) is 0 Å². The number of fused-ring (bicyclic) bond motifs is 2. The summed E-state index contributed by atoms with van der Waals surface area (Å²) in [6.07, 6.45) is 0. The Morgan fingerprint density at radius 1 is 0.194 bits per heavy atom. The summed E-state index contributed by atoms with van der Waals surface area (Å²) in [6, 6.07) is 74.3. The zero-order valence-electron chi connectivity index (χ0n) is 33.5. The summed E-state index contributed by atoms with van der Waals surface area (Å²) < 4.78 is 0. The van der Waals surface area contributed by atoms with Crippen molar-refractivity contribution in [1.82, 2.24) is 29.9 Å². The number of hydrogen-bond acceptors (Lipinski definition) is 6. The number of nitrogens with zero attached hydrogens (tertiary/aromatic N) is 6. The highest BCUT2D eigenvalue weighted by Crippen LogP contribution is 2.36. The normalized spacial score (nSPS) is 11.2. The zero-order chi connectivity index (χ0) is 41.2. The first-order valence-electron chi connectivity index (χ1n) is 20.6. The van der Waals surface area contributed by atoms with Gasteiger partial charge in [0.2, 0.25) is 0 Å². The van der Waals surface area contributed by atoms with Gasteiger partial charge in [-0.15, -0.1) is 0 Å².